The number of sulfonamides is 1. The first-order valence-electron chi connectivity index (χ1n) is 6.67. The molecule has 1 unspecified atom stereocenters. The number of nitriles is 1. The Hall–Kier alpha value is -1.68. The molecule has 0 radical (unpaired) electrons. The van der Waals surface area contributed by atoms with E-state index in [1.165, 1.54) is 23.3 Å². The van der Waals surface area contributed by atoms with Gasteiger partial charge in [0.05, 0.1) is 0 Å². The molecule has 0 bridgehead atoms. The van der Waals surface area contributed by atoms with Crippen molar-refractivity contribution in [3.8, 4) is 6.07 Å². The number of nitrogens with one attached hydrogen (secondary N) is 1. The topological polar surface area (TPSA) is 70.0 Å². The van der Waals surface area contributed by atoms with E-state index >= 15 is 0 Å². The summed E-state index contributed by atoms with van der Waals surface area (Å²) in [6.45, 7) is 0. The van der Waals surface area contributed by atoms with Crippen molar-refractivity contribution in [1.29, 1.82) is 5.26 Å². The lowest BCUT2D eigenvalue weighted by molar-refractivity contribution is 0.508. The molecule has 1 heterocycles. The summed E-state index contributed by atoms with van der Waals surface area (Å²) >= 11 is 1.00. The predicted octanol–water partition coefficient (Wildman–Crippen LogP) is 2.46. The highest BCUT2D eigenvalue weighted by Crippen LogP contribution is 2.25. The minimum Gasteiger partial charge on any atom is -0.207 e. The third kappa shape index (κ3) is 3.00. The van der Waals surface area contributed by atoms with Gasteiger partial charge in [-0.3, -0.25) is 0 Å². The third-order valence-corrected chi connectivity index (χ3v) is 6.63. The van der Waals surface area contributed by atoms with Gasteiger partial charge < -0.3 is 0 Å². The largest absolute Gasteiger partial charge is 0.250 e. The fourth-order valence-corrected chi connectivity index (χ4v) is 4.99. The van der Waals surface area contributed by atoms with Gasteiger partial charge in [0.15, 0.2) is 0 Å². The maximum atomic E-state index is 12.3. The van der Waals surface area contributed by atoms with Gasteiger partial charge >= 0.3 is 0 Å². The molecule has 1 atom stereocenters. The molecule has 0 fully saturated rings. The van der Waals surface area contributed by atoms with Crippen molar-refractivity contribution in [2.24, 2.45) is 0 Å². The van der Waals surface area contributed by atoms with Crippen molar-refractivity contribution in [2.75, 3.05) is 0 Å². The van der Waals surface area contributed by atoms with Crippen LogP contribution in [0.3, 0.4) is 0 Å². The van der Waals surface area contributed by atoms with Gasteiger partial charge in [0.1, 0.15) is 15.2 Å². The number of aryl methyl sites for hydroxylation is 1. The standard InChI is InChI=1S/C15H14N2O2S2/c16-10-14-7-8-15(20-14)21(18,19)17-13-6-5-11-3-1-2-4-12(11)9-13/h1-4,7-8,13,17H,5-6,9H2. The van der Waals surface area contributed by atoms with Gasteiger partial charge in [-0.25, -0.2) is 13.1 Å². The maximum absolute atomic E-state index is 12.3. The van der Waals surface area contributed by atoms with E-state index < -0.39 is 10.0 Å². The summed E-state index contributed by atoms with van der Waals surface area (Å²) in [6.07, 6.45) is 2.40. The lowest BCUT2D eigenvalue weighted by atomic mass is 9.89. The van der Waals surface area contributed by atoms with Crippen LogP contribution >= 0.6 is 11.3 Å². The van der Waals surface area contributed by atoms with Crippen LogP contribution in [0.2, 0.25) is 0 Å². The Morgan fingerprint density at radius 3 is 2.67 bits per heavy atom. The fraction of sp³-hybridized carbons (Fsp3) is 0.267. The first-order chi connectivity index (χ1) is 10.1. The molecule has 2 aromatic rings. The molecule has 0 amide bonds. The van der Waals surface area contributed by atoms with Crippen molar-refractivity contribution in [3.05, 3.63) is 52.4 Å². The molecule has 0 saturated carbocycles. The molecule has 4 nitrogen and oxygen atoms in total. The van der Waals surface area contributed by atoms with Crippen LogP contribution in [0.5, 0.6) is 0 Å². The van der Waals surface area contributed by atoms with Crippen LogP contribution in [0.4, 0.5) is 0 Å². The molecule has 6 heteroatoms. The van der Waals surface area contributed by atoms with Crippen molar-refractivity contribution < 1.29 is 8.42 Å². The molecule has 108 valence electrons. The van der Waals surface area contributed by atoms with Crippen molar-refractivity contribution in [1.82, 2.24) is 4.72 Å². The second-order valence-electron chi connectivity index (χ2n) is 5.06. The van der Waals surface area contributed by atoms with E-state index in [4.69, 9.17) is 5.26 Å². The van der Waals surface area contributed by atoms with Crippen molar-refractivity contribution in [3.63, 3.8) is 0 Å². The zero-order chi connectivity index (χ0) is 14.9. The molecule has 1 N–H and O–H groups in total. The first-order valence-corrected chi connectivity index (χ1v) is 8.97. The molecular formula is C15H14N2O2S2. The quantitative estimate of drug-likeness (QED) is 0.945. The smallest absolute Gasteiger partial charge is 0.207 e. The lowest BCUT2D eigenvalue weighted by Crippen LogP contribution is -2.38. The molecule has 1 aromatic carbocycles. The van der Waals surface area contributed by atoms with Crippen LogP contribution in [-0.2, 0) is 22.9 Å². The zero-order valence-corrected chi connectivity index (χ0v) is 12.9. The van der Waals surface area contributed by atoms with Gasteiger partial charge in [-0.15, -0.1) is 11.3 Å². The normalized spacial score (nSPS) is 18.0. The Morgan fingerprint density at radius 1 is 1.19 bits per heavy atom. The van der Waals surface area contributed by atoms with E-state index in [-0.39, 0.29) is 10.3 Å². The molecule has 1 aliphatic carbocycles. The van der Waals surface area contributed by atoms with E-state index in [1.54, 1.807) is 0 Å². The lowest BCUT2D eigenvalue weighted by Gasteiger charge is -2.25. The highest BCUT2D eigenvalue weighted by Gasteiger charge is 2.25. The average Bonchev–Trinajstić information content (AvgIpc) is 2.96. The SMILES string of the molecule is N#Cc1ccc(S(=O)(=O)NC2CCc3ccccc3C2)s1. The van der Waals surface area contributed by atoms with Crippen molar-refractivity contribution >= 4 is 21.4 Å². The number of fused-ring (bicyclic) bond motifs is 1. The second kappa shape index (κ2) is 5.60. The average molecular weight is 318 g/mol. The number of thiophene rings is 1. The highest BCUT2D eigenvalue weighted by atomic mass is 32.2. The predicted molar refractivity (Wildman–Crippen MR) is 81.6 cm³/mol. The van der Waals surface area contributed by atoms with Gasteiger partial charge in [0, 0.05) is 6.04 Å². The van der Waals surface area contributed by atoms with Gasteiger partial charge in [-0.2, -0.15) is 5.26 Å². The summed E-state index contributed by atoms with van der Waals surface area (Å²) in [6, 6.07) is 13.0. The molecule has 0 saturated heterocycles. The van der Waals surface area contributed by atoms with Gasteiger partial charge in [-0.1, -0.05) is 24.3 Å². The zero-order valence-electron chi connectivity index (χ0n) is 11.2. The maximum Gasteiger partial charge on any atom is 0.250 e. The molecule has 1 aliphatic rings. The number of hydrogen-bond acceptors (Lipinski definition) is 4. The van der Waals surface area contributed by atoms with Gasteiger partial charge in [0.25, 0.3) is 0 Å². The summed E-state index contributed by atoms with van der Waals surface area (Å²) < 4.78 is 27.6. The van der Waals surface area contributed by atoms with Crippen molar-refractivity contribution in [2.45, 2.75) is 29.5 Å². The van der Waals surface area contributed by atoms with Gasteiger partial charge in [-0.05, 0) is 42.5 Å². The Morgan fingerprint density at radius 2 is 1.95 bits per heavy atom. The third-order valence-electron chi connectivity index (χ3n) is 3.63. The fourth-order valence-electron chi connectivity index (χ4n) is 2.60. The van der Waals surface area contributed by atoms with E-state index in [2.05, 4.69) is 16.9 Å². The number of hydrogen-bond donors (Lipinski definition) is 1. The van der Waals surface area contributed by atoms with Crippen LogP contribution in [-0.4, -0.2) is 14.5 Å². The molecular weight excluding hydrogens is 304 g/mol. The summed E-state index contributed by atoms with van der Waals surface area (Å²) in [7, 11) is -3.53. The summed E-state index contributed by atoms with van der Waals surface area (Å²) in [5.41, 5.74) is 2.51. The van der Waals surface area contributed by atoms with E-state index in [0.717, 1.165) is 24.2 Å². The molecule has 0 spiro atoms. The van der Waals surface area contributed by atoms with E-state index in [0.29, 0.717) is 11.3 Å². The van der Waals surface area contributed by atoms with Crippen LogP contribution in [0, 0.1) is 11.3 Å². The Bertz CT molecular complexity index is 803. The minimum atomic E-state index is -3.53. The monoisotopic (exact) mass is 318 g/mol. The van der Waals surface area contributed by atoms with Crippen LogP contribution < -0.4 is 4.72 Å². The molecule has 0 aliphatic heterocycles. The second-order valence-corrected chi connectivity index (χ2v) is 8.08. The summed E-state index contributed by atoms with van der Waals surface area (Å²) in [5, 5.41) is 8.79. The van der Waals surface area contributed by atoms with Crippen LogP contribution in [0.25, 0.3) is 0 Å². The molecule has 1 aromatic heterocycles. The highest BCUT2D eigenvalue weighted by molar-refractivity contribution is 7.91. The van der Waals surface area contributed by atoms with E-state index in [1.807, 2.05) is 18.2 Å². The Kier molecular flexibility index (Phi) is 3.81. The number of rotatable bonds is 3. The first kappa shape index (κ1) is 14.3. The van der Waals surface area contributed by atoms with Crippen LogP contribution in [0.15, 0.2) is 40.6 Å². The Labute approximate surface area is 128 Å². The minimum absolute atomic E-state index is 0.0856. The summed E-state index contributed by atoms with van der Waals surface area (Å²) in [5.74, 6) is 0. The number of benzene rings is 1. The molecule has 3 rings (SSSR count). The van der Waals surface area contributed by atoms with E-state index in [9.17, 15) is 8.42 Å². The number of nitrogens with zero attached hydrogens (tertiary/aromatic N) is 1. The molecule has 21 heavy (non-hydrogen) atoms. The van der Waals surface area contributed by atoms with Gasteiger partial charge in [0.2, 0.25) is 10.0 Å². The summed E-state index contributed by atoms with van der Waals surface area (Å²) in [4.78, 5) is 0.407. The van der Waals surface area contributed by atoms with Crippen LogP contribution in [0.1, 0.15) is 22.4 Å². The Balaban J connectivity index is 1.77.